The number of aliphatic hydroxyl groups excluding tert-OH is 1. The Morgan fingerprint density at radius 2 is 1.72 bits per heavy atom. The van der Waals surface area contributed by atoms with Gasteiger partial charge < -0.3 is 39.6 Å². The number of ether oxygens (including phenoxy) is 4. The highest BCUT2D eigenvalue weighted by Gasteiger charge is 2.49. The molecule has 2 aromatic carbocycles. The second kappa shape index (κ2) is 15.3. The molecule has 4 bridgehead atoms. The summed E-state index contributed by atoms with van der Waals surface area (Å²) in [6, 6.07) is 3.63. The molecule has 0 saturated carbocycles. The average molecular weight is 784 g/mol. The molecule has 57 heavy (non-hydrogen) atoms. The highest BCUT2D eigenvalue weighted by Crippen LogP contribution is 2.54. The van der Waals surface area contributed by atoms with E-state index in [0.717, 1.165) is 5.56 Å². The van der Waals surface area contributed by atoms with Crippen LogP contribution in [0.4, 0.5) is 5.69 Å². The standard InChI is InChI=1S/C43H49N3O11/c1-19-14-16-46-28(18-19)44-32-29-30-37(50)25(7)40-31(29)41(52)43(9,57-40)55-17-15-27(54-10)22(4)39(56-26(8)47)24(6)36(49)23(5)35(48)20(2)12-11-13-21(3)42(53)45-33(34(32)46)38(30)51/h11-18,20,22-24,27,35,39,48,50-51H,1-10H3,(H,45,53)/b12-11+,17-15+,21-13-/t20-,22+,23+,24+,27-,35-,39+,43-/m0/s1. The number of hydrogen-bond acceptors (Lipinski definition) is 12. The number of aliphatic hydroxyl groups is 1. The Bertz CT molecular complexity index is 2430. The molecule has 0 unspecified atom stereocenters. The number of aromatic nitrogens is 2. The molecule has 0 spiro atoms. The monoisotopic (exact) mass is 783 g/mol. The van der Waals surface area contributed by atoms with Gasteiger partial charge in [0.15, 0.2) is 5.75 Å². The Morgan fingerprint density at radius 3 is 2.39 bits per heavy atom. The van der Waals surface area contributed by atoms with E-state index in [1.54, 1.807) is 63.4 Å². The maximum absolute atomic E-state index is 14.6. The molecule has 6 rings (SSSR count). The first kappa shape index (κ1) is 40.9. The molecule has 4 heterocycles. The van der Waals surface area contributed by atoms with E-state index in [-0.39, 0.29) is 55.7 Å². The number of carbonyl (C=O) groups excluding carboxylic acids is 4. The van der Waals surface area contributed by atoms with Gasteiger partial charge in [-0.25, -0.2) is 4.98 Å². The van der Waals surface area contributed by atoms with Crippen molar-refractivity contribution in [2.24, 2.45) is 23.7 Å². The van der Waals surface area contributed by atoms with Gasteiger partial charge >= 0.3 is 11.8 Å². The molecule has 14 nitrogen and oxygen atoms in total. The summed E-state index contributed by atoms with van der Waals surface area (Å²) in [5.74, 6) is -7.91. The number of allylic oxidation sites excluding steroid dienone is 2. The van der Waals surface area contributed by atoms with Gasteiger partial charge in [0.25, 0.3) is 11.7 Å². The minimum Gasteiger partial charge on any atom is -0.507 e. The highest BCUT2D eigenvalue weighted by molar-refractivity contribution is 6.28. The van der Waals surface area contributed by atoms with Crippen LogP contribution in [0.5, 0.6) is 17.2 Å². The molecule has 0 saturated heterocycles. The van der Waals surface area contributed by atoms with Crippen molar-refractivity contribution in [3.8, 4) is 17.2 Å². The molecule has 2 aromatic heterocycles. The predicted molar refractivity (Wildman–Crippen MR) is 212 cm³/mol. The molecule has 0 fully saturated rings. The van der Waals surface area contributed by atoms with Gasteiger partial charge in [-0.15, -0.1) is 0 Å². The van der Waals surface area contributed by atoms with Gasteiger partial charge in [-0.3, -0.25) is 23.6 Å². The molecular formula is C43H49N3O11. The van der Waals surface area contributed by atoms with Crippen molar-refractivity contribution in [1.29, 1.82) is 0 Å². The normalized spacial score (nSPS) is 29.6. The van der Waals surface area contributed by atoms with E-state index in [1.807, 2.05) is 13.0 Å². The van der Waals surface area contributed by atoms with E-state index in [9.17, 15) is 34.5 Å². The van der Waals surface area contributed by atoms with Crippen LogP contribution in [-0.4, -0.2) is 79.4 Å². The lowest BCUT2D eigenvalue weighted by Gasteiger charge is -2.34. The van der Waals surface area contributed by atoms with E-state index in [4.69, 9.17) is 23.9 Å². The summed E-state index contributed by atoms with van der Waals surface area (Å²) >= 11 is 0. The lowest BCUT2D eigenvalue weighted by molar-refractivity contribution is -0.158. The molecule has 4 N–H and O–H groups in total. The van der Waals surface area contributed by atoms with Crippen LogP contribution in [0.15, 0.2) is 54.5 Å². The summed E-state index contributed by atoms with van der Waals surface area (Å²) in [5, 5.41) is 37.8. The lowest BCUT2D eigenvalue weighted by Crippen LogP contribution is -2.44. The number of phenols is 2. The number of methoxy groups -OCH3 is 1. The number of nitrogens with zero attached hydrogens (tertiary/aromatic N) is 2. The second-order valence-corrected chi connectivity index (χ2v) is 15.4. The van der Waals surface area contributed by atoms with Gasteiger partial charge in [-0.2, -0.15) is 0 Å². The van der Waals surface area contributed by atoms with Gasteiger partial charge in [0, 0.05) is 61.4 Å². The average Bonchev–Trinajstić information content (AvgIpc) is 3.67. The summed E-state index contributed by atoms with van der Waals surface area (Å²) < 4.78 is 25.4. The Labute approximate surface area is 329 Å². The molecular weight excluding hydrogens is 734 g/mol. The Hall–Kier alpha value is -5.73. The number of pyridine rings is 1. The number of carbonyl (C=O) groups is 4. The first-order valence-corrected chi connectivity index (χ1v) is 18.8. The number of Topliss-reactive ketones (excluding diaryl/α,β-unsaturated/α-hetero) is 2. The number of hydrogen-bond donors (Lipinski definition) is 4. The van der Waals surface area contributed by atoms with Crippen molar-refractivity contribution in [3.63, 3.8) is 0 Å². The zero-order valence-electron chi connectivity index (χ0n) is 33.7. The van der Waals surface area contributed by atoms with Crippen molar-refractivity contribution in [2.75, 3.05) is 12.4 Å². The molecule has 1 amide bonds. The van der Waals surface area contributed by atoms with Crippen molar-refractivity contribution in [2.45, 2.75) is 86.4 Å². The number of aromatic hydroxyl groups is 2. The highest BCUT2D eigenvalue weighted by atomic mass is 16.7. The first-order valence-electron chi connectivity index (χ1n) is 18.8. The Kier molecular flexibility index (Phi) is 11.0. The van der Waals surface area contributed by atoms with Crippen LogP contribution in [0.2, 0.25) is 0 Å². The van der Waals surface area contributed by atoms with Crippen LogP contribution >= 0.6 is 0 Å². The van der Waals surface area contributed by atoms with E-state index in [2.05, 4.69) is 5.32 Å². The van der Waals surface area contributed by atoms with Crippen LogP contribution in [0.25, 0.3) is 27.5 Å². The SMILES string of the molecule is CO[C@H]1/C=C/O[C@@]2(C)Oc3c(C)c(O)c4c(O)c(c5c(nc6cc(C)ccn65)c4c3C2=O)NC(=O)/C(C)=C\C=C\[C@H](C)[C@H](O)[C@@H](C)C(=O)[C@@H](C)[C@H](OC(C)=O)[C@@H]1C. The fraction of sp³-hybridized carbons (Fsp3) is 0.419. The maximum Gasteiger partial charge on any atom is 0.312 e. The summed E-state index contributed by atoms with van der Waals surface area (Å²) in [4.78, 5) is 59.3. The number of ketones is 2. The minimum absolute atomic E-state index is 0.00882. The van der Waals surface area contributed by atoms with Gasteiger partial charge in [0.2, 0.25) is 0 Å². The largest absolute Gasteiger partial charge is 0.507 e. The molecule has 4 aromatic rings. The van der Waals surface area contributed by atoms with Gasteiger partial charge in [0.05, 0.1) is 35.3 Å². The predicted octanol–water partition coefficient (Wildman–Crippen LogP) is 6.37. The smallest absolute Gasteiger partial charge is 0.312 e. The molecule has 0 radical (unpaired) electrons. The number of aryl methyl sites for hydroxylation is 1. The molecule has 302 valence electrons. The Balaban J connectivity index is 1.58. The number of fused-ring (bicyclic) bond motifs is 2. The number of amides is 1. The molecule has 2 aliphatic rings. The quantitative estimate of drug-likeness (QED) is 0.130. The van der Waals surface area contributed by atoms with Crippen LogP contribution in [0, 0.1) is 37.5 Å². The minimum atomic E-state index is -1.97. The van der Waals surface area contributed by atoms with E-state index < -0.39 is 76.9 Å². The third-order valence-electron chi connectivity index (χ3n) is 11.3. The van der Waals surface area contributed by atoms with Gasteiger partial charge in [-0.1, -0.05) is 45.9 Å². The second-order valence-electron chi connectivity index (χ2n) is 15.4. The van der Waals surface area contributed by atoms with Crippen LogP contribution in [-0.2, 0) is 28.6 Å². The number of esters is 1. The summed E-state index contributed by atoms with van der Waals surface area (Å²) in [6.07, 6.45) is 6.35. The Morgan fingerprint density at radius 1 is 1.02 bits per heavy atom. The third-order valence-corrected chi connectivity index (χ3v) is 11.3. The summed E-state index contributed by atoms with van der Waals surface area (Å²) in [5.41, 5.74) is 2.11. The number of phenolic OH excluding ortho intramolecular Hbond substituents is 2. The number of rotatable bonds is 2. The number of anilines is 1. The number of imidazole rings is 1. The summed E-state index contributed by atoms with van der Waals surface area (Å²) in [7, 11) is 1.44. The zero-order chi connectivity index (χ0) is 41.8. The van der Waals surface area contributed by atoms with Crippen molar-refractivity contribution < 1.29 is 53.4 Å². The molecule has 2 aliphatic heterocycles. The van der Waals surface area contributed by atoms with Crippen molar-refractivity contribution in [1.82, 2.24) is 9.38 Å². The van der Waals surface area contributed by atoms with E-state index >= 15 is 0 Å². The van der Waals surface area contributed by atoms with E-state index in [1.165, 1.54) is 46.3 Å². The molecule has 8 atom stereocenters. The van der Waals surface area contributed by atoms with Crippen molar-refractivity contribution >= 4 is 56.6 Å². The fourth-order valence-corrected chi connectivity index (χ4v) is 7.85. The van der Waals surface area contributed by atoms with Gasteiger partial charge in [-0.05, 0) is 44.5 Å². The molecule has 0 aliphatic carbocycles. The third kappa shape index (κ3) is 7.01. The fourth-order valence-electron chi connectivity index (χ4n) is 7.85. The zero-order valence-corrected chi connectivity index (χ0v) is 33.7. The van der Waals surface area contributed by atoms with Crippen molar-refractivity contribution in [3.05, 3.63) is 71.2 Å². The molecule has 14 heteroatoms. The summed E-state index contributed by atoms with van der Waals surface area (Å²) in [6.45, 7) is 14.3. The van der Waals surface area contributed by atoms with Crippen LogP contribution < -0.4 is 10.1 Å². The first-order chi connectivity index (χ1) is 26.8. The number of nitrogens with one attached hydrogen (secondary N) is 1. The lowest BCUT2D eigenvalue weighted by atomic mass is 9.79. The number of benzene rings is 2. The maximum atomic E-state index is 14.6. The van der Waals surface area contributed by atoms with Crippen LogP contribution in [0.1, 0.15) is 70.0 Å². The van der Waals surface area contributed by atoms with Gasteiger partial charge in [0.1, 0.15) is 45.8 Å². The van der Waals surface area contributed by atoms with Crippen LogP contribution in [0.3, 0.4) is 0 Å². The topological polar surface area (TPSA) is 195 Å². The van der Waals surface area contributed by atoms with E-state index in [0.29, 0.717) is 5.65 Å².